The molecule has 0 unspecified atom stereocenters. The third-order valence-corrected chi connectivity index (χ3v) is 5.88. The molecule has 2 amide bonds. The summed E-state index contributed by atoms with van der Waals surface area (Å²) in [4.78, 5) is 24.7. The van der Waals surface area contributed by atoms with E-state index >= 15 is 0 Å². The van der Waals surface area contributed by atoms with E-state index in [0.717, 1.165) is 28.6 Å². The Kier molecular flexibility index (Phi) is 4.98. The van der Waals surface area contributed by atoms with Gasteiger partial charge in [-0.15, -0.1) is 0 Å². The average Bonchev–Trinajstić information content (AvgIpc) is 3.13. The summed E-state index contributed by atoms with van der Waals surface area (Å²) in [5.74, 6) is -3.61. The number of halogens is 2. The smallest absolute Gasteiger partial charge is 0.284 e. The van der Waals surface area contributed by atoms with Gasteiger partial charge in [0.05, 0.1) is 5.56 Å². The maximum absolute atomic E-state index is 13.8. The Balaban J connectivity index is 1.70. The van der Waals surface area contributed by atoms with Gasteiger partial charge in [-0.05, 0) is 24.3 Å². The third-order valence-electron chi connectivity index (χ3n) is 4.11. The fraction of sp³-hybridized carbons (Fsp3) is 0.250. The molecule has 27 heavy (non-hydrogen) atoms. The molecule has 0 spiro atoms. The molecule has 8 nitrogen and oxygen atoms in total. The van der Waals surface area contributed by atoms with Crippen molar-refractivity contribution in [1.82, 2.24) is 9.21 Å². The van der Waals surface area contributed by atoms with Crippen LogP contribution in [0.4, 0.5) is 8.78 Å². The van der Waals surface area contributed by atoms with Gasteiger partial charge in [-0.3, -0.25) is 9.59 Å². The summed E-state index contributed by atoms with van der Waals surface area (Å²) in [5.41, 5.74) is 4.75. The number of furan rings is 1. The molecule has 1 saturated heterocycles. The van der Waals surface area contributed by atoms with E-state index in [-0.39, 0.29) is 37.5 Å². The molecule has 0 aliphatic carbocycles. The van der Waals surface area contributed by atoms with Gasteiger partial charge < -0.3 is 15.1 Å². The lowest BCUT2D eigenvalue weighted by Crippen LogP contribution is -2.50. The van der Waals surface area contributed by atoms with Crippen molar-refractivity contribution in [1.29, 1.82) is 0 Å². The van der Waals surface area contributed by atoms with Crippen LogP contribution in [0.5, 0.6) is 0 Å². The highest BCUT2D eigenvalue weighted by Crippen LogP contribution is 2.21. The summed E-state index contributed by atoms with van der Waals surface area (Å²) in [6, 6.07) is 4.92. The second-order valence-corrected chi connectivity index (χ2v) is 7.67. The predicted molar refractivity (Wildman–Crippen MR) is 88.2 cm³/mol. The average molecular weight is 399 g/mol. The largest absolute Gasteiger partial charge is 0.438 e. The number of rotatable bonds is 4. The van der Waals surface area contributed by atoms with E-state index in [2.05, 4.69) is 0 Å². The maximum Gasteiger partial charge on any atom is 0.284 e. The highest BCUT2D eigenvalue weighted by molar-refractivity contribution is 7.89. The van der Waals surface area contributed by atoms with Gasteiger partial charge in [0.1, 0.15) is 11.6 Å². The number of carbonyl (C=O) groups excluding carboxylic acids is 2. The first kappa shape index (κ1) is 19.0. The molecule has 2 N–H and O–H groups in total. The summed E-state index contributed by atoms with van der Waals surface area (Å²) >= 11 is 0. The Morgan fingerprint density at radius 1 is 1.04 bits per heavy atom. The number of benzene rings is 1. The van der Waals surface area contributed by atoms with E-state index in [1.165, 1.54) is 4.90 Å². The standard InChI is InChI=1S/C16H15F2N3O5S/c17-10-1-2-11(12(18)9-10)16(23)20-5-7-21(8-6-20)27(24,25)14-4-3-13(26-14)15(19)22/h1-4,9H,5-8H2,(H2,19,22). The molecular weight excluding hydrogens is 384 g/mol. The summed E-state index contributed by atoms with van der Waals surface area (Å²) in [5, 5.41) is -0.430. The molecule has 3 rings (SSSR count). The summed E-state index contributed by atoms with van der Waals surface area (Å²) in [6.07, 6.45) is 0. The maximum atomic E-state index is 13.8. The summed E-state index contributed by atoms with van der Waals surface area (Å²) in [6.45, 7) is -0.0798. The Hall–Kier alpha value is -2.79. The monoisotopic (exact) mass is 399 g/mol. The van der Waals surface area contributed by atoms with Crippen LogP contribution in [0.15, 0.2) is 39.8 Å². The zero-order chi connectivity index (χ0) is 19.8. The minimum absolute atomic E-state index is 0.0122. The van der Waals surface area contributed by atoms with Gasteiger partial charge in [-0.2, -0.15) is 4.31 Å². The quantitative estimate of drug-likeness (QED) is 0.817. The van der Waals surface area contributed by atoms with E-state index in [1.807, 2.05) is 0 Å². The van der Waals surface area contributed by atoms with Crippen LogP contribution in [0.1, 0.15) is 20.9 Å². The van der Waals surface area contributed by atoms with Crippen LogP contribution >= 0.6 is 0 Å². The summed E-state index contributed by atoms with van der Waals surface area (Å²) < 4.78 is 57.9. The third kappa shape index (κ3) is 3.69. The Morgan fingerprint density at radius 2 is 1.70 bits per heavy atom. The molecule has 1 aliphatic heterocycles. The lowest BCUT2D eigenvalue weighted by molar-refractivity contribution is 0.0691. The van der Waals surface area contributed by atoms with E-state index < -0.39 is 38.6 Å². The fourth-order valence-electron chi connectivity index (χ4n) is 2.68. The zero-order valence-corrected chi connectivity index (χ0v) is 14.7. The summed E-state index contributed by atoms with van der Waals surface area (Å²) in [7, 11) is -4.01. The van der Waals surface area contributed by atoms with Gasteiger partial charge in [0.15, 0.2) is 5.76 Å². The molecule has 1 aromatic heterocycles. The molecule has 2 aromatic rings. The number of piperazine rings is 1. The van der Waals surface area contributed by atoms with Crippen LogP contribution in [-0.4, -0.2) is 55.6 Å². The molecule has 2 heterocycles. The lowest BCUT2D eigenvalue weighted by atomic mass is 10.1. The van der Waals surface area contributed by atoms with Gasteiger partial charge in [-0.25, -0.2) is 17.2 Å². The van der Waals surface area contributed by atoms with E-state index in [0.29, 0.717) is 6.07 Å². The van der Waals surface area contributed by atoms with Gasteiger partial charge in [0, 0.05) is 32.2 Å². The Bertz CT molecular complexity index is 997. The van der Waals surface area contributed by atoms with Crippen molar-refractivity contribution in [2.75, 3.05) is 26.2 Å². The van der Waals surface area contributed by atoms with E-state index in [9.17, 15) is 26.8 Å². The van der Waals surface area contributed by atoms with Crippen molar-refractivity contribution in [3.63, 3.8) is 0 Å². The van der Waals surface area contributed by atoms with Crippen molar-refractivity contribution in [3.8, 4) is 0 Å². The minimum Gasteiger partial charge on any atom is -0.438 e. The second kappa shape index (κ2) is 7.08. The second-order valence-electron chi connectivity index (χ2n) is 5.80. The van der Waals surface area contributed by atoms with Crippen LogP contribution in [-0.2, 0) is 10.0 Å². The first-order valence-corrected chi connectivity index (χ1v) is 9.28. The fourth-order valence-corrected chi connectivity index (χ4v) is 4.02. The molecule has 11 heteroatoms. The first-order chi connectivity index (χ1) is 12.7. The molecule has 1 fully saturated rings. The topological polar surface area (TPSA) is 114 Å². The molecule has 0 saturated carbocycles. The molecule has 0 atom stereocenters. The van der Waals surface area contributed by atoms with Crippen molar-refractivity contribution < 1.29 is 31.2 Å². The van der Waals surface area contributed by atoms with Crippen LogP contribution in [0, 0.1) is 11.6 Å². The van der Waals surface area contributed by atoms with Gasteiger partial charge in [-0.1, -0.05) is 0 Å². The number of hydrogen-bond donors (Lipinski definition) is 1. The molecular formula is C16H15F2N3O5S. The van der Waals surface area contributed by atoms with Crippen molar-refractivity contribution in [2.24, 2.45) is 5.73 Å². The number of sulfonamides is 1. The van der Waals surface area contributed by atoms with Crippen LogP contribution in [0.3, 0.4) is 0 Å². The minimum atomic E-state index is -4.01. The molecule has 144 valence electrons. The van der Waals surface area contributed by atoms with Gasteiger partial charge in [0.25, 0.3) is 21.8 Å². The Labute approximate surface area is 153 Å². The number of nitrogens with two attached hydrogens (primary N) is 1. The van der Waals surface area contributed by atoms with Gasteiger partial charge >= 0.3 is 0 Å². The predicted octanol–water partition coefficient (Wildman–Crippen LogP) is 0.803. The molecule has 1 aromatic carbocycles. The number of primary amides is 1. The van der Waals surface area contributed by atoms with E-state index in [1.54, 1.807) is 0 Å². The number of hydrogen-bond acceptors (Lipinski definition) is 5. The highest BCUT2D eigenvalue weighted by atomic mass is 32.2. The molecule has 1 aliphatic rings. The van der Waals surface area contributed by atoms with Crippen molar-refractivity contribution in [2.45, 2.75) is 5.09 Å². The number of amides is 2. The Morgan fingerprint density at radius 3 is 2.26 bits per heavy atom. The normalized spacial score (nSPS) is 15.7. The van der Waals surface area contributed by atoms with Gasteiger partial charge in [0.2, 0.25) is 5.09 Å². The van der Waals surface area contributed by atoms with Crippen molar-refractivity contribution in [3.05, 3.63) is 53.3 Å². The van der Waals surface area contributed by atoms with Crippen LogP contribution in [0.25, 0.3) is 0 Å². The van der Waals surface area contributed by atoms with E-state index in [4.69, 9.17) is 10.2 Å². The molecule has 0 bridgehead atoms. The SMILES string of the molecule is NC(=O)c1ccc(S(=O)(=O)N2CCN(C(=O)c3ccc(F)cc3F)CC2)o1. The first-order valence-electron chi connectivity index (χ1n) is 7.84. The zero-order valence-electron chi connectivity index (χ0n) is 13.9. The number of carbonyl (C=O) groups is 2. The number of nitrogens with zero attached hydrogens (tertiary/aromatic N) is 2. The van der Waals surface area contributed by atoms with Crippen LogP contribution < -0.4 is 5.73 Å². The van der Waals surface area contributed by atoms with Crippen LogP contribution in [0.2, 0.25) is 0 Å². The lowest BCUT2D eigenvalue weighted by Gasteiger charge is -2.33. The molecule has 0 radical (unpaired) electrons. The highest BCUT2D eigenvalue weighted by Gasteiger charge is 2.33. The van der Waals surface area contributed by atoms with Crippen molar-refractivity contribution >= 4 is 21.8 Å².